The molecule has 0 aliphatic heterocycles. The zero-order chi connectivity index (χ0) is 14.9. The lowest BCUT2D eigenvalue weighted by atomic mass is 10.1. The molecule has 6 nitrogen and oxygen atoms in total. The van der Waals surface area contributed by atoms with Gasteiger partial charge in [-0.05, 0) is 24.0 Å². The molecule has 0 bridgehead atoms. The summed E-state index contributed by atoms with van der Waals surface area (Å²) in [5.74, 6) is 0.902. The van der Waals surface area contributed by atoms with Crippen molar-refractivity contribution in [2.24, 2.45) is 0 Å². The van der Waals surface area contributed by atoms with Crippen molar-refractivity contribution in [2.45, 2.75) is 18.9 Å². The number of nitrogens with one attached hydrogen (secondary N) is 1. The van der Waals surface area contributed by atoms with Crippen LogP contribution in [0, 0.1) is 0 Å². The van der Waals surface area contributed by atoms with E-state index < -0.39 is 0 Å². The molecule has 0 saturated carbocycles. The van der Waals surface area contributed by atoms with E-state index in [-0.39, 0.29) is 5.88 Å². The summed E-state index contributed by atoms with van der Waals surface area (Å²) >= 11 is 0. The molecule has 0 fully saturated rings. The van der Waals surface area contributed by atoms with Gasteiger partial charge in [-0.1, -0.05) is 29.4 Å². The second kappa shape index (κ2) is 5.14. The van der Waals surface area contributed by atoms with Crippen LogP contribution < -0.4 is 11.1 Å². The van der Waals surface area contributed by atoms with Gasteiger partial charge in [-0.2, -0.15) is 0 Å². The van der Waals surface area contributed by atoms with Crippen LogP contribution in [0.15, 0.2) is 47.2 Å². The number of anilines is 2. The van der Waals surface area contributed by atoms with Crippen LogP contribution >= 0.6 is 0 Å². The van der Waals surface area contributed by atoms with Crippen molar-refractivity contribution in [2.75, 3.05) is 11.1 Å². The average molecular weight is 293 g/mol. The Hall–Kier alpha value is -2.89. The Labute approximate surface area is 127 Å². The van der Waals surface area contributed by atoms with Crippen molar-refractivity contribution in [1.82, 2.24) is 15.1 Å². The summed E-state index contributed by atoms with van der Waals surface area (Å²) in [5, 5.41) is 7.23. The van der Waals surface area contributed by atoms with Crippen molar-refractivity contribution in [3.63, 3.8) is 0 Å². The zero-order valence-electron chi connectivity index (χ0n) is 11.9. The molecule has 1 aliphatic rings. The van der Waals surface area contributed by atoms with Crippen LogP contribution in [0.2, 0.25) is 0 Å². The van der Waals surface area contributed by atoms with Gasteiger partial charge in [-0.15, -0.1) is 0 Å². The minimum atomic E-state index is 0.279. The first-order chi connectivity index (χ1) is 10.8. The summed E-state index contributed by atoms with van der Waals surface area (Å²) in [7, 11) is 0. The van der Waals surface area contributed by atoms with Gasteiger partial charge in [-0.3, -0.25) is 0 Å². The fourth-order valence-electron chi connectivity index (χ4n) is 2.80. The fraction of sp³-hybridized carbons (Fsp3) is 0.188. The predicted molar refractivity (Wildman–Crippen MR) is 83.2 cm³/mol. The Kier molecular flexibility index (Phi) is 3.00. The molecular weight excluding hydrogens is 278 g/mol. The molecule has 0 radical (unpaired) electrons. The highest BCUT2D eigenvalue weighted by atomic mass is 16.5. The predicted octanol–water partition coefficient (Wildman–Crippen LogP) is 2.29. The molecule has 3 aromatic rings. The van der Waals surface area contributed by atoms with Gasteiger partial charge in [0.1, 0.15) is 5.69 Å². The van der Waals surface area contributed by atoms with E-state index in [2.05, 4.69) is 44.7 Å². The molecule has 1 aliphatic carbocycles. The van der Waals surface area contributed by atoms with E-state index in [1.54, 1.807) is 18.5 Å². The second-order valence-corrected chi connectivity index (χ2v) is 5.43. The van der Waals surface area contributed by atoms with Gasteiger partial charge in [0.05, 0.1) is 0 Å². The Bertz CT molecular complexity index is 771. The molecular formula is C16H15N5O. The van der Waals surface area contributed by atoms with Gasteiger partial charge >= 0.3 is 0 Å². The molecule has 2 heterocycles. The Balaban J connectivity index is 1.46. The molecule has 6 heteroatoms. The molecule has 2 aromatic heterocycles. The maximum atomic E-state index is 5.51. The second-order valence-electron chi connectivity index (χ2n) is 5.43. The highest BCUT2D eigenvalue weighted by Crippen LogP contribution is 2.24. The Morgan fingerprint density at radius 3 is 2.36 bits per heavy atom. The molecule has 22 heavy (non-hydrogen) atoms. The highest BCUT2D eigenvalue weighted by Gasteiger charge is 2.21. The lowest BCUT2D eigenvalue weighted by Gasteiger charge is -2.11. The molecule has 4 rings (SSSR count). The maximum absolute atomic E-state index is 5.51. The topological polar surface area (TPSA) is 89.9 Å². The average Bonchev–Trinajstić information content (AvgIpc) is 3.13. The van der Waals surface area contributed by atoms with E-state index in [9.17, 15) is 0 Å². The third-order valence-electron chi connectivity index (χ3n) is 3.86. The number of nitrogen functional groups attached to an aromatic ring is 1. The van der Waals surface area contributed by atoms with Crippen LogP contribution in [-0.2, 0) is 12.8 Å². The first-order valence-electron chi connectivity index (χ1n) is 7.16. The third-order valence-corrected chi connectivity index (χ3v) is 3.86. The van der Waals surface area contributed by atoms with Gasteiger partial charge in [0.25, 0.3) is 0 Å². The lowest BCUT2D eigenvalue weighted by molar-refractivity contribution is 0.439. The number of fused-ring (bicyclic) bond motifs is 1. The van der Waals surface area contributed by atoms with Crippen LogP contribution in [0.4, 0.5) is 11.8 Å². The number of aromatic nitrogens is 3. The first-order valence-corrected chi connectivity index (χ1v) is 7.16. The zero-order valence-corrected chi connectivity index (χ0v) is 11.9. The van der Waals surface area contributed by atoms with Crippen molar-refractivity contribution in [3.05, 3.63) is 53.9 Å². The Morgan fingerprint density at radius 1 is 1.09 bits per heavy atom. The van der Waals surface area contributed by atoms with E-state index >= 15 is 0 Å². The minimum Gasteiger partial charge on any atom is -0.368 e. The number of rotatable bonds is 3. The summed E-state index contributed by atoms with van der Waals surface area (Å²) in [5.41, 5.74) is 9.72. The van der Waals surface area contributed by atoms with E-state index in [0.29, 0.717) is 17.7 Å². The summed E-state index contributed by atoms with van der Waals surface area (Å²) in [6.07, 6.45) is 5.44. The minimum absolute atomic E-state index is 0.279. The monoisotopic (exact) mass is 293 g/mol. The molecule has 1 aromatic carbocycles. The van der Waals surface area contributed by atoms with Gasteiger partial charge in [0, 0.05) is 30.1 Å². The largest absolute Gasteiger partial charge is 0.368 e. The number of hydrogen-bond donors (Lipinski definition) is 2. The SMILES string of the molecule is Nc1cc(-c2cnc(NC3Cc4ccccc4C3)nc2)no1. The van der Waals surface area contributed by atoms with E-state index in [0.717, 1.165) is 18.4 Å². The molecule has 110 valence electrons. The summed E-state index contributed by atoms with van der Waals surface area (Å²) in [6.45, 7) is 0. The number of nitrogens with two attached hydrogens (primary N) is 1. The lowest BCUT2D eigenvalue weighted by Crippen LogP contribution is -2.20. The maximum Gasteiger partial charge on any atom is 0.222 e. The first kappa shape index (κ1) is 12.8. The van der Waals surface area contributed by atoms with Gasteiger partial charge in [0.2, 0.25) is 11.8 Å². The van der Waals surface area contributed by atoms with E-state index in [1.807, 2.05) is 0 Å². The molecule has 0 unspecified atom stereocenters. The molecule has 3 N–H and O–H groups in total. The molecule has 0 amide bonds. The normalized spacial score (nSPS) is 14.0. The van der Waals surface area contributed by atoms with Crippen LogP contribution in [0.5, 0.6) is 0 Å². The van der Waals surface area contributed by atoms with Gasteiger partial charge < -0.3 is 15.6 Å². The van der Waals surface area contributed by atoms with E-state index in [1.165, 1.54) is 11.1 Å². The van der Waals surface area contributed by atoms with E-state index in [4.69, 9.17) is 10.3 Å². The highest BCUT2D eigenvalue weighted by molar-refractivity contribution is 5.59. The standard InChI is InChI=1S/C16H15N5O/c17-15-7-14(21-22-15)12-8-18-16(19-9-12)20-13-5-10-3-1-2-4-11(10)6-13/h1-4,7-9,13H,5-6,17H2,(H,18,19,20). The van der Waals surface area contributed by atoms with Crippen LogP contribution in [0.25, 0.3) is 11.3 Å². The summed E-state index contributed by atoms with van der Waals surface area (Å²) in [6, 6.07) is 10.5. The van der Waals surface area contributed by atoms with Crippen LogP contribution in [0.3, 0.4) is 0 Å². The molecule has 0 saturated heterocycles. The number of hydrogen-bond acceptors (Lipinski definition) is 6. The molecule has 0 spiro atoms. The molecule has 0 atom stereocenters. The van der Waals surface area contributed by atoms with Gasteiger partial charge in [0.15, 0.2) is 0 Å². The van der Waals surface area contributed by atoms with Crippen LogP contribution in [-0.4, -0.2) is 21.2 Å². The van der Waals surface area contributed by atoms with Gasteiger partial charge in [-0.25, -0.2) is 9.97 Å². The van der Waals surface area contributed by atoms with Crippen molar-refractivity contribution < 1.29 is 4.52 Å². The summed E-state index contributed by atoms with van der Waals surface area (Å²) in [4.78, 5) is 8.69. The third kappa shape index (κ3) is 2.39. The number of nitrogens with zero attached hydrogens (tertiary/aromatic N) is 3. The van der Waals surface area contributed by atoms with Crippen molar-refractivity contribution >= 4 is 11.8 Å². The quantitative estimate of drug-likeness (QED) is 0.770. The summed E-state index contributed by atoms with van der Waals surface area (Å²) < 4.78 is 4.85. The fourth-order valence-corrected chi connectivity index (χ4v) is 2.80. The smallest absolute Gasteiger partial charge is 0.222 e. The van der Waals surface area contributed by atoms with Crippen LogP contribution in [0.1, 0.15) is 11.1 Å². The van der Waals surface area contributed by atoms with Crippen molar-refractivity contribution in [1.29, 1.82) is 0 Å². The Morgan fingerprint density at radius 2 is 1.77 bits per heavy atom. The van der Waals surface area contributed by atoms with Crippen molar-refractivity contribution in [3.8, 4) is 11.3 Å². The number of benzene rings is 1.